The number of rotatable bonds is 3. The summed E-state index contributed by atoms with van der Waals surface area (Å²) < 4.78 is 0. The van der Waals surface area contributed by atoms with Gasteiger partial charge >= 0.3 is 0 Å². The molecule has 1 aromatic carbocycles. The van der Waals surface area contributed by atoms with Crippen LogP contribution < -0.4 is 10.9 Å². The van der Waals surface area contributed by atoms with Gasteiger partial charge in [-0.15, -0.1) is 0 Å². The lowest BCUT2D eigenvalue weighted by Crippen LogP contribution is -2.08. The lowest BCUT2D eigenvalue weighted by molar-refractivity contribution is 1.13. The molecular formula is C18H14N4O. The van der Waals surface area contributed by atoms with Crippen LogP contribution in [0.25, 0.3) is 21.7 Å². The van der Waals surface area contributed by atoms with Gasteiger partial charge < -0.3 is 10.3 Å². The highest BCUT2D eigenvalue weighted by Crippen LogP contribution is 2.26. The molecule has 0 atom stereocenters. The third-order valence-corrected chi connectivity index (χ3v) is 3.82. The van der Waals surface area contributed by atoms with Crippen LogP contribution in [-0.2, 0) is 6.54 Å². The molecule has 4 rings (SSSR count). The smallest absolute Gasteiger partial charge is 0.258 e. The maximum Gasteiger partial charge on any atom is 0.258 e. The maximum atomic E-state index is 12.1. The summed E-state index contributed by atoms with van der Waals surface area (Å²) in [6, 6.07) is 13.8. The van der Waals surface area contributed by atoms with Gasteiger partial charge in [-0.3, -0.25) is 9.78 Å². The molecule has 112 valence electrons. The number of fused-ring (bicyclic) bond motifs is 3. The van der Waals surface area contributed by atoms with Gasteiger partial charge in [-0.05, 0) is 17.7 Å². The third kappa shape index (κ3) is 2.42. The molecule has 0 amide bonds. The molecule has 3 heterocycles. The zero-order valence-corrected chi connectivity index (χ0v) is 12.3. The Morgan fingerprint density at radius 3 is 2.78 bits per heavy atom. The minimum Gasteiger partial charge on any atom is -0.365 e. The molecule has 0 aliphatic rings. The average Bonchev–Trinajstić information content (AvgIpc) is 2.60. The quantitative estimate of drug-likeness (QED) is 0.571. The molecule has 0 spiro atoms. The molecule has 2 N–H and O–H groups in total. The molecule has 5 nitrogen and oxygen atoms in total. The van der Waals surface area contributed by atoms with E-state index in [0.29, 0.717) is 17.4 Å². The number of aromatic nitrogens is 3. The van der Waals surface area contributed by atoms with Gasteiger partial charge in [0.1, 0.15) is 5.82 Å². The van der Waals surface area contributed by atoms with Crippen molar-refractivity contribution in [1.82, 2.24) is 15.0 Å². The normalized spacial score (nSPS) is 11.0. The zero-order chi connectivity index (χ0) is 15.6. The van der Waals surface area contributed by atoms with E-state index in [1.165, 1.54) is 5.56 Å². The van der Waals surface area contributed by atoms with E-state index in [1.807, 2.05) is 24.3 Å². The lowest BCUT2D eigenvalue weighted by Gasteiger charge is -2.11. The van der Waals surface area contributed by atoms with Crippen molar-refractivity contribution in [3.8, 4) is 0 Å². The first kappa shape index (κ1) is 13.5. The monoisotopic (exact) mass is 302 g/mol. The number of aromatic amines is 1. The van der Waals surface area contributed by atoms with Crippen molar-refractivity contribution in [1.29, 1.82) is 0 Å². The molecule has 0 unspecified atom stereocenters. The Balaban J connectivity index is 1.87. The second-order valence-electron chi connectivity index (χ2n) is 5.29. The van der Waals surface area contributed by atoms with Gasteiger partial charge in [-0.25, -0.2) is 4.98 Å². The predicted molar refractivity (Wildman–Crippen MR) is 91.4 cm³/mol. The van der Waals surface area contributed by atoms with E-state index in [-0.39, 0.29) is 5.56 Å². The Bertz CT molecular complexity index is 1040. The second-order valence-corrected chi connectivity index (χ2v) is 5.29. The number of anilines is 1. The largest absolute Gasteiger partial charge is 0.365 e. The van der Waals surface area contributed by atoms with Crippen molar-refractivity contribution in [3.05, 3.63) is 77.0 Å². The van der Waals surface area contributed by atoms with Crippen LogP contribution >= 0.6 is 0 Å². The first-order valence-electron chi connectivity index (χ1n) is 7.36. The first-order chi connectivity index (χ1) is 11.3. The summed E-state index contributed by atoms with van der Waals surface area (Å²) >= 11 is 0. The molecule has 0 radical (unpaired) electrons. The van der Waals surface area contributed by atoms with E-state index in [2.05, 4.69) is 32.4 Å². The summed E-state index contributed by atoms with van der Waals surface area (Å²) in [6.07, 6.45) is 5.03. The van der Waals surface area contributed by atoms with Crippen molar-refractivity contribution in [2.24, 2.45) is 0 Å². The van der Waals surface area contributed by atoms with E-state index < -0.39 is 0 Å². The minimum absolute atomic E-state index is 0.150. The summed E-state index contributed by atoms with van der Waals surface area (Å²) in [6.45, 7) is 0.667. The van der Waals surface area contributed by atoms with Crippen molar-refractivity contribution < 1.29 is 0 Å². The Morgan fingerprint density at radius 1 is 1.04 bits per heavy atom. The summed E-state index contributed by atoms with van der Waals surface area (Å²) in [5.74, 6) is 0.754. The van der Waals surface area contributed by atoms with Gasteiger partial charge in [0.25, 0.3) is 5.56 Å². The summed E-state index contributed by atoms with van der Waals surface area (Å²) in [5, 5.41) is 5.62. The molecule has 0 aliphatic carbocycles. The number of nitrogens with zero attached hydrogens (tertiary/aromatic N) is 2. The topological polar surface area (TPSA) is 70.7 Å². The average molecular weight is 302 g/mol. The van der Waals surface area contributed by atoms with Gasteiger partial charge in [-0.2, -0.15) is 0 Å². The van der Waals surface area contributed by atoms with Crippen molar-refractivity contribution in [2.45, 2.75) is 6.54 Å². The SMILES string of the molecule is O=c1[nH]ccc2nc(NCc3ccccc3)c3ccncc3c12. The first-order valence-corrected chi connectivity index (χ1v) is 7.36. The van der Waals surface area contributed by atoms with Crippen LogP contribution in [0, 0.1) is 0 Å². The van der Waals surface area contributed by atoms with Crippen LogP contribution in [0.5, 0.6) is 0 Å². The predicted octanol–water partition coefficient (Wildman–Crippen LogP) is 3.08. The summed E-state index contributed by atoms with van der Waals surface area (Å²) in [4.78, 5) is 23.6. The maximum absolute atomic E-state index is 12.1. The number of hydrogen-bond donors (Lipinski definition) is 2. The number of H-pyrrole nitrogens is 1. The van der Waals surface area contributed by atoms with E-state index in [9.17, 15) is 4.79 Å². The molecule has 5 heteroatoms. The Kier molecular flexibility index (Phi) is 3.24. The molecule has 3 aromatic heterocycles. The molecule has 0 saturated heterocycles. The van der Waals surface area contributed by atoms with Gasteiger partial charge in [0.15, 0.2) is 0 Å². The van der Waals surface area contributed by atoms with E-state index in [0.717, 1.165) is 16.6 Å². The Labute approximate surface area is 132 Å². The number of hydrogen-bond acceptors (Lipinski definition) is 4. The fourth-order valence-corrected chi connectivity index (χ4v) is 2.72. The van der Waals surface area contributed by atoms with Crippen molar-refractivity contribution in [3.63, 3.8) is 0 Å². The van der Waals surface area contributed by atoms with E-state index in [4.69, 9.17) is 0 Å². The molecule has 0 fully saturated rings. The minimum atomic E-state index is -0.150. The second kappa shape index (κ2) is 5.53. The summed E-state index contributed by atoms with van der Waals surface area (Å²) in [7, 11) is 0. The van der Waals surface area contributed by atoms with E-state index >= 15 is 0 Å². The van der Waals surface area contributed by atoms with Crippen LogP contribution in [0.2, 0.25) is 0 Å². The number of pyridine rings is 3. The fourth-order valence-electron chi connectivity index (χ4n) is 2.72. The van der Waals surface area contributed by atoms with Gasteiger partial charge in [0.05, 0.1) is 10.9 Å². The molecule has 0 bridgehead atoms. The zero-order valence-electron chi connectivity index (χ0n) is 12.3. The van der Waals surface area contributed by atoms with Crippen LogP contribution in [0.15, 0.2) is 65.8 Å². The van der Waals surface area contributed by atoms with Crippen molar-refractivity contribution in [2.75, 3.05) is 5.32 Å². The highest BCUT2D eigenvalue weighted by molar-refractivity contribution is 6.09. The molecule has 0 aliphatic heterocycles. The highest BCUT2D eigenvalue weighted by Gasteiger charge is 2.10. The third-order valence-electron chi connectivity index (χ3n) is 3.82. The molecule has 23 heavy (non-hydrogen) atoms. The van der Waals surface area contributed by atoms with Crippen LogP contribution in [-0.4, -0.2) is 15.0 Å². The van der Waals surface area contributed by atoms with Crippen LogP contribution in [0.3, 0.4) is 0 Å². The molecular weight excluding hydrogens is 288 g/mol. The van der Waals surface area contributed by atoms with E-state index in [1.54, 1.807) is 24.7 Å². The standard InChI is InChI=1S/C18H14N4O/c23-18-16-14-11-19-8-6-13(14)17(22-15(16)7-9-20-18)21-10-12-4-2-1-3-5-12/h1-9,11H,10H2,(H,20,23)(H,21,22). The molecule has 0 saturated carbocycles. The lowest BCUT2D eigenvalue weighted by atomic mass is 10.1. The highest BCUT2D eigenvalue weighted by atomic mass is 16.1. The van der Waals surface area contributed by atoms with Gasteiger partial charge in [-0.1, -0.05) is 30.3 Å². The van der Waals surface area contributed by atoms with Crippen molar-refractivity contribution >= 4 is 27.5 Å². The fraction of sp³-hybridized carbons (Fsp3) is 0.0556. The molecule has 4 aromatic rings. The van der Waals surface area contributed by atoms with Gasteiger partial charge in [0, 0.05) is 35.9 Å². The number of nitrogens with one attached hydrogen (secondary N) is 2. The number of benzene rings is 1. The summed E-state index contributed by atoms with van der Waals surface area (Å²) in [5.41, 5.74) is 1.68. The van der Waals surface area contributed by atoms with Crippen LogP contribution in [0.1, 0.15) is 5.56 Å². The van der Waals surface area contributed by atoms with Gasteiger partial charge in [0.2, 0.25) is 0 Å². The van der Waals surface area contributed by atoms with Crippen LogP contribution in [0.4, 0.5) is 5.82 Å². The Hall–Kier alpha value is -3.21. The Morgan fingerprint density at radius 2 is 1.91 bits per heavy atom.